The summed E-state index contributed by atoms with van der Waals surface area (Å²) in [6, 6.07) is 6.86. The van der Waals surface area contributed by atoms with Gasteiger partial charge in [-0.2, -0.15) is 0 Å². The van der Waals surface area contributed by atoms with Crippen molar-refractivity contribution >= 4 is 21.6 Å². The summed E-state index contributed by atoms with van der Waals surface area (Å²) in [6.07, 6.45) is 0.306. The number of nitrogens with zero attached hydrogens (tertiary/aromatic N) is 1. The molecule has 4 heteroatoms. The number of hydrogen-bond donors (Lipinski definition) is 1. The molecule has 1 heterocycles. The first-order chi connectivity index (χ1) is 8.61. The first kappa shape index (κ1) is 13.8. The van der Waals surface area contributed by atoms with Crippen molar-refractivity contribution in [2.75, 3.05) is 31.6 Å². The van der Waals surface area contributed by atoms with Crippen LogP contribution in [-0.4, -0.2) is 32.8 Å². The lowest BCUT2D eigenvalue weighted by molar-refractivity contribution is 0.0531. The van der Waals surface area contributed by atoms with Gasteiger partial charge in [-0.15, -0.1) is 0 Å². The molecule has 0 spiro atoms. The average molecular weight is 313 g/mol. The molecular weight excluding hydrogens is 292 g/mol. The predicted molar refractivity (Wildman–Crippen MR) is 79.2 cm³/mol. The van der Waals surface area contributed by atoms with Crippen LogP contribution in [0.4, 0.5) is 5.69 Å². The minimum absolute atomic E-state index is 0.306. The minimum atomic E-state index is 0.306. The Balaban J connectivity index is 2.30. The predicted octanol–water partition coefficient (Wildman–Crippen LogP) is 2.95. The summed E-state index contributed by atoms with van der Waals surface area (Å²) in [4.78, 5) is 2.42. The molecule has 1 aromatic carbocycles. The van der Waals surface area contributed by atoms with Gasteiger partial charge in [0.25, 0.3) is 0 Å². The maximum absolute atomic E-state index is 5.61. The molecule has 0 amide bonds. The molecule has 1 saturated heterocycles. The highest BCUT2D eigenvalue weighted by molar-refractivity contribution is 9.10. The highest BCUT2D eigenvalue weighted by atomic mass is 79.9. The third-order valence-corrected chi connectivity index (χ3v) is 3.96. The molecule has 0 saturated carbocycles. The molecule has 1 aliphatic rings. The summed E-state index contributed by atoms with van der Waals surface area (Å²) in [6.45, 7) is 7.06. The van der Waals surface area contributed by atoms with E-state index in [0.29, 0.717) is 12.1 Å². The van der Waals surface area contributed by atoms with E-state index < -0.39 is 0 Å². The number of rotatable bonds is 3. The van der Waals surface area contributed by atoms with Crippen LogP contribution in [0.3, 0.4) is 0 Å². The van der Waals surface area contributed by atoms with Gasteiger partial charge in [-0.3, -0.25) is 0 Å². The van der Waals surface area contributed by atoms with Gasteiger partial charge < -0.3 is 15.0 Å². The summed E-state index contributed by atoms with van der Waals surface area (Å²) in [7, 11) is 2.00. The second kappa shape index (κ2) is 6.04. The molecule has 18 heavy (non-hydrogen) atoms. The normalized spacial score (nSPS) is 22.0. The number of ether oxygens (including phenoxy) is 1. The van der Waals surface area contributed by atoms with Crippen LogP contribution in [0.5, 0.6) is 0 Å². The van der Waals surface area contributed by atoms with Crippen molar-refractivity contribution < 1.29 is 4.74 Å². The van der Waals surface area contributed by atoms with E-state index in [1.807, 2.05) is 7.05 Å². The first-order valence-corrected chi connectivity index (χ1v) is 7.24. The fraction of sp³-hybridized carbons (Fsp3) is 0.571. The number of anilines is 1. The van der Waals surface area contributed by atoms with E-state index in [1.165, 1.54) is 11.3 Å². The molecule has 2 unspecified atom stereocenters. The third kappa shape index (κ3) is 3.05. The Kier molecular flexibility index (Phi) is 4.65. The monoisotopic (exact) mass is 312 g/mol. The molecule has 3 nitrogen and oxygen atoms in total. The van der Waals surface area contributed by atoms with Crippen molar-refractivity contribution in [1.29, 1.82) is 0 Å². The van der Waals surface area contributed by atoms with Crippen molar-refractivity contribution in [3.05, 3.63) is 28.2 Å². The highest BCUT2D eigenvalue weighted by Crippen LogP contribution is 2.30. The molecule has 2 rings (SSSR count). The molecule has 1 aromatic rings. The van der Waals surface area contributed by atoms with E-state index in [1.54, 1.807) is 0 Å². The standard InChI is InChI=1S/C14H21BrN2O/c1-10-9-17(6-7-18-10)14-5-4-12(15)8-13(14)11(2)16-3/h4-5,8,10-11,16H,6-7,9H2,1-3H3. The lowest BCUT2D eigenvalue weighted by atomic mass is 10.0. The molecule has 0 aliphatic carbocycles. The Labute approximate surface area is 118 Å². The van der Waals surface area contributed by atoms with Crippen LogP contribution in [0.2, 0.25) is 0 Å². The molecule has 0 bridgehead atoms. The number of morpholine rings is 1. The smallest absolute Gasteiger partial charge is 0.0722 e. The number of halogens is 1. The Hall–Kier alpha value is -0.580. The van der Waals surface area contributed by atoms with E-state index in [-0.39, 0.29) is 0 Å². The number of hydrogen-bond acceptors (Lipinski definition) is 3. The van der Waals surface area contributed by atoms with Crippen LogP contribution in [0.15, 0.2) is 22.7 Å². The van der Waals surface area contributed by atoms with E-state index >= 15 is 0 Å². The number of benzene rings is 1. The summed E-state index contributed by atoms with van der Waals surface area (Å²) < 4.78 is 6.74. The Morgan fingerprint density at radius 2 is 2.28 bits per heavy atom. The van der Waals surface area contributed by atoms with E-state index in [4.69, 9.17) is 4.74 Å². The lowest BCUT2D eigenvalue weighted by Gasteiger charge is -2.35. The van der Waals surface area contributed by atoms with Crippen LogP contribution in [0.1, 0.15) is 25.5 Å². The topological polar surface area (TPSA) is 24.5 Å². The fourth-order valence-corrected chi connectivity index (χ4v) is 2.73. The van der Waals surface area contributed by atoms with Gasteiger partial charge in [-0.05, 0) is 44.7 Å². The second-order valence-electron chi connectivity index (χ2n) is 4.84. The Morgan fingerprint density at radius 3 is 2.94 bits per heavy atom. The van der Waals surface area contributed by atoms with Crippen LogP contribution < -0.4 is 10.2 Å². The second-order valence-corrected chi connectivity index (χ2v) is 5.76. The van der Waals surface area contributed by atoms with Crippen LogP contribution in [0.25, 0.3) is 0 Å². The van der Waals surface area contributed by atoms with Gasteiger partial charge in [0.05, 0.1) is 12.7 Å². The van der Waals surface area contributed by atoms with Gasteiger partial charge in [0.2, 0.25) is 0 Å². The molecule has 100 valence electrons. The van der Waals surface area contributed by atoms with Gasteiger partial charge in [-0.1, -0.05) is 15.9 Å². The van der Waals surface area contributed by atoms with Crippen molar-refractivity contribution in [3.63, 3.8) is 0 Å². The minimum Gasteiger partial charge on any atom is -0.375 e. The zero-order chi connectivity index (χ0) is 13.1. The van der Waals surface area contributed by atoms with Gasteiger partial charge in [0.1, 0.15) is 0 Å². The van der Waals surface area contributed by atoms with Crippen LogP contribution >= 0.6 is 15.9 Å². The molecule has 0 aromatic heterocycles. The zero-order valence-electron chi connectivity index (χ0n) is 11.2. The third-order valence-electron chi connectivity index (χ3n) is 3.47. The molecule has 1 N–H and O–H groups in total. The molecule has 0 radical (unpaired) electrons. The molecule has 1 fully saturated rings. The van der Waals surface area contributed by atoms with Crippen LogP contribution in [0, 0.1) is 0 Å². The molecule has 1 aliphatic heterocycles. The van der Waals surface area contributed by atoms with Gasteiger partial charge in [0, 0.05) is 29.3 Å². The van der Waals surface area contributed by atoms with Gasteiger partial charge >= 0.3 is 0 Å². The Morgan fingerprint density at radius 1 is 1.50 bits per heavy atom. The maximum Gasteiger partial charge on any atom is 0.0722 e. The van der Waals surface area contributed by atoms with Crippen molar-refractivity contribution in [1.82, 2.24) is 5.32 Å². The summed E-state index contributed by atoms with van der Waals surface area (Å²) in [5, 5.41) is 3.32. The maximum atomic E-state index is 5.61. The van der Waals surface area contributed by atoms with Crippen molar-refractivity contribution in [3.8, 4) is 0 Å². The lowest BCUT2D eigenvalue weighted by Crippen LogP contribution is -2.41. The zero-order valence-corrected chi connectivity index (χ0v) is 12.8. The summed E-state index contributed by atoms with van der Waals surface area (Å²) >= 11 is 3.56. The summed E-state index contributed by atoms with van der Waals surface area (Å²) in [5.41, 5.74) is 2.65. The van der Waals surface area contributed by atoms with Gasteiger partial charge in [-0.25, -0.2) is 0 Å². The Bertz CT molecular complexity index is 411. The highest BCUT2D eigenvalue weighted by Gasteiger charge is 2.20. The number of nitrogens with one attached hydrogen (secondary N) is 1. The van der Waals surface area contributed by atoms with E-state index in [0.717, 1.165) is 24.2 Å². The van der Waals surface area contributed by atoms with E-state index in [9.17, 15) is 0 Å². The largest absolute Gasteiger partial charge is 0.375 e. The first-order valence-electron chi connectivity index (χ1n) is 6.45. The SMILES string of the molecule is CNC(C)c1cc(Br)ccc1N1CCOC(C)C1. The van der Waals surface area contributed by atoms with Gasteiger partial charge in [0.15, 0.2) is 0 Å². The van der Waals surface area contributed by atoms with Crippen molar-refractivity contribution in [2.24, 2.45) is 0 Å². The van der Waals surface area contributed by atoms with Crippen molar-refractivity contribution in [2.45, 2.75) is 26.0 Å². The molecular formula is C14H21BrN2O. The van der Waals surface area contributed by atoms with E-state index in [2.05, 4.69) is 58.2 Å². The quantitative estimate of drug-likeness (QED) is 0.928. The summed E-state index contributed by atoms with van der Waals surface area (Å²) in [5.74, 6) is 0. The average Bonchev–Trinajstić information content (AvgIpc) is 2.37. The molecule has 2 atom stereocenters. The van der Waals surface area contributed by atoms with Crippen LogP contribution in [-0.2, 0) is 4.74 Å². The fourth-order valence-electron chi connectivity index (χ4n) is 2.35.